The molecule has 21 heavy (non-hydrogen) atoms. The van der Waals surface area contributed by atoms with Gasteiger partial charge in [-0.2, -0.15) is 0 Å². The number of aromatic nitrogens is 1. The molecular formula is C16H17N3O2. The second-order valence-electron chi connectivity index (χ2n) is 4.83. The monoisotopic (exact) mass is 283 g/mol. The SMILES string of the molecule is Cc1ccc(CN(Cc2ccccn2)C(=O)C(N)=O)cc1. The first-order chi connectivity index (χ1) is 10.1. The summed E-state index contributed by atoms with van der Waals surface area (Å²) in [5.41, 5.74) is 7.90. The first-order valence-corrected chi connectivity index (χ1v) is 6.60. The van der Waals surface area contributed by atoms with E-state index in [4.69, 9.17) is 5.73 Å². The number of benzene rings is 1. The fourth-order valence-corrected chi connectivity index (χ4v) is 1.96. The van der Waals surface area contributed by atoms with E-state index in [9.17, 15) is 9.59 Å². The van der Waals surface area contributed by atoms with Crippen molar-refractivity contribution in [2.24, 2.45) is 5.73 Å². The molecule has 0 radical (unpaired) electrons. The molecule has 1 aromatic carbocycles. The highest BCUT2D eigenvalue weighted by Gasteiger charge is 2.20. The van der Waals surface area contributed by atoms with Crippen molar-refractivity contribution >= 4 is 11.8 Å². The molecule has 5 nitrogen and oxygen atoms in total. The van der Waals surface area contributed by atoms with Crippen LogP contribution in [0.15, 0.2) is 48.7 Å². The van der Waals surface area contributed by atoms with Crippen molar-refractivity contribution in [3.8, 4) is 0 Å². The van der Waals surface area contributed by atoms with Crippen molar-refractivity contribution in [2.75, 3.05) is 0 Å². The van der Waals surface area contributed by atoms with E-state index in [0.29, 0.717) is 12.2 Å². The van der Waals surface area contributed by atoms with Crippen molar-refractivity contribution in [3.63, 3.8) is 0 Å². The van der Waals surface area contributed by atoms with E-state index in [2.05, 4.69) is 4.98 Å². The Morgan fingerprint density at radius 1 is 1.10 bits per heavy atom. The van der Waals surface area contributed by atoms with Crippen LogP contribution in [0, 0.1) is 6.92 Å². The van der Waals surface area contributed by atoms with Crippen molar-refractivity contribution in [1.82, 2.24) is 9.88 Å². The molecule has 0 aliphatic carbocycles. The van der Waals surface area contributed by atoms with Gasteiger partial charge in [0.25, 0.3) is 0 Å². The molecule has 2 rings (SSSR count). The number of primary amides is 1. The van der Waals surface area contributed by atoms with Crippen molar-refractivity contribution in [1.29, 1.82) is 0 Å². The van der Waals surface area contributed by atoms with E-state index in [-0.39, 0.29) is 6.54 Å². The number of carbonyl (C=O) groups is 2. The topological polar surface area (TPSA) is 76.3 Å². The molecule has 0 saturated heterocycles. The number of hydrogen-bond donors (Lipinski definition) is 1. The largest absolute Gasteiger partial charge is 0.361 e. The Morgan fingerprint density at radius 2 is 1.81 bits per heavy atom. The zero-order valence-electron chi connectivity index (χ0n) is 11.8. The average molecular weight is 283 g/mol. The molecule has 108 valence electrons. The minimum Gasteiger partial charge on any atom is -0.361 e. The van der Waals surface area contributed by atoms with E-state index in [0.717, 1.165) is 11.1 Å². The number of nitrogens with zero attached hydrogens (tertiary/aromatic N) is 2. The molecule has 0 saturated carbocycles. The van der Waals surface area contributed by atoms with E-state index in [1.165, 1.54) is 4.90 Å². The predicted octanol–water partition coefficient (Wildman–Crippen LogP) is 1.40. The molecule has 2 amide bonds. The van der Waals surface area contributed by atoms with Gasteiger partial charge in [0.15, 0.2) is 0 Å². The van der Waals surface area contributed by atoms with Gasteiger partial charge in [-0.3, -0.25) is 14.6 Å². The van der Waals surface area contributed by atoms with Gasteiger partial charge >= 0.3 is 11.8 Å². The number of carbonyl (C=O) groups excluding carboxylic acids is 2. The number of hydrogen-bond acceptors (Lipinski definition) is 3. The summed E-state index contributed by atoms with van der Waals surface area (Å²) in [7, 11) is 0. The summed E-state index contributed by atoms with van der Waals surface area (Å²) in [6.07, 6.45) is 1.65. The highest BCUT2D eigenvalue weighted by atomic mass is 16.2. The molecule has 1 heterocycles. The highest BCUT2D eigenvalue weighted by molar-refractivity contribution is 6.34. The number of rotatable bonds is 4. The third-order valence-electron chi connectivity index (χ3n) is 3.07. The van der Waals surface area contributed by atoms with Gasteiger partial charge < -0.3 is 10.6 Å². The van der Waals surface area contributed by atoms with Crippen molar-refractivity contribution in [2.45, 2.75) is 20.0 Å². The number of pyridine rings is 1. The maximum absolute atomic E-state index is 11.9. The zero-order chi connectivity index (χ0) is 15.2. The van der Waals surface area contributed by atoms with Crippen LogP contribution in [0.1, 0.15) is 16.8 Å². The van der Waals surface area contributed by atoms with E-state index in [1.54, 1.807) is 18.3 Å². The lowest BCUT2D eigenvalue weighted by Crippen LogP contribution is -2.39. The second-order valence-corrected chi connectivity index (χ2v) is 4.83. The van der Waals surface area contributed by atoms with Crippen LogP contribution in [-0.4, -0.2) is 21.7 Å². The third-order valence-corrected chi connectivity index (χ3v) is 3.07. The Bertz CT molecular complexity index is 624. The van der Waals surface area contributed by atoms with E-state index >= 15 is 0 Å². The summed E-state index contributed by atoms with van der Waals surface area (Å²) < 4.78 is 0. The lowest BCUT2D eigenvalue weighted by molar-refractivity contribution is -0.145. The smallest absolute Gasteiger partial charge is 0.312 e. The standard InChI is InChI=1S/C16H17N3O2/c1-12-5-7-13(8-6-12)10-19(16(21)15(17)20)11-14-4-2-3-9-18-14/h2-9H,10-11H2,1H3,(H2,17,20). The van der Waals surface area contributed by atoms with Crippen LogP contribution in [0.2, 0.25) is 0 Å². The Balaban J connectivity index is 2.18. The summed E-state index contributed by atoms with van der Waals surface area (Å²) in [6.45, 7) is 2.55. The molecule has 0 spiro atoms. The van der Waals surface area contributed by atoms with Crippen LogP contribution in [-0.2, 0) is 22.7 Å². The van der Waals surface area contributed by atoms with Crippen LogP contribution < -0.4 is 5.73 Å². The molecule has 0 unspecified atom stereocenters. The molecule has 0 atom stereocenters. The molecule has 0 fully saturated rings. The molecule has 0 aliphatic heterocycles. The van der Waals surface area contributed by atoms with Gasteiger partial charge in [-0.25, -0.2) is 0 Å². The first kappa shape index (κ1) is 14.7. The fraction of sp³-hybridized carbons (Fsp3) is 0.188. The maximum atomic E-state index is 11.9. The summed E-state index contributed by atoms with van der Waals surface area (Å²) >= 11 is 0. The number of amides is 2. The van der Waals surface area contributed by atoms with Crippen LogP contribution >= 0.6 is 0 Å². The first-order valence-electron chi connectivity index (χ1n) is 6.60. The van der Waals surface area contributed by atoms with Crippen LogP contribution in [0.4, 0.5) is 0 Å². The van der Waals surface area contributed by atoms with E-state index < -0.39 is 11.8 Å². The lowest BCUT2D eigenvalue weighted by atomic mass is 10.1. The Morgan fingerprint density at radius 3 is 2.38 bits per heavy atom. The quantitative estimate of drug-likeness (QED) is 0.862. The number of nitrogens with two attached hydrogens (primary N) is 1. The third kappa shape index (κ3) is 4.14. The molecule has 2 aromatic rings. The number of aryl methyl sites for hydroxylation is 1. The van der Waals surface area contributed by atoms with Gasteiger partial charge in [0.05, 0.1) is 12.2 Å². The van der Waals surface area contributed by atoms with Crippen molar-refractivity contribution < 1.29 is 9.59 Å². The maximum Gasteiger partial charge on any atom is 0.312 e. The van der Waals surface area contributed by atoms with Gasteiger partial charge in [0.2, 0.25) is 0 Å². The van der Waals surface area contributed by atoms with E-state index in [1.807, 2.05) is 37.3 Å². The summed E-state index contributed by atoms with van der Waals surface area (Å²) in [4.78, 5) is 28.7. The van der Waals surface area contributed by atoms with Gasteiger partial charge in [-0.05, 0) is 24.6 Å². The predicted molar refractivity (Wildman–Crippen MR) is 78.9 cm³/mol. The summed E-state index contributed by atoms with van der Waals surface area (Å²) in [5.74, 6) is -1.67. The highest BCUT2D eigenvalue weighted by Crippen LogP contribution is 2.10. The molecule has 5 heteroatoms. The van der Waals surface area contributed by atoms with Gasteiger partial charge in [-0.15, -0.1) is 0 Å². The molecule has 0 bridgehead atoms. The van der Waals surface area contributed by atoms with Crippen LogP contribution in [0.5, 0.6) is 0 Å². The molecular weight excluding hydrogens is 266 g/mol. The normalized spacial score (nSPS) is 10.1. The van der Waals surface area contributed by atoms with Crippen LogP contribution in [0.3, 0.4) is 0 Å². The molecule has 2 N–H and O–H groups in total. The molecule has 1 aromatic heterocycles. The summed E-state index contributed by atoms with van der Waals surface area (Å²) in [5, 5.41) is 0. The minimum atomic E-state index is -0.960. The van der Waals surface area contributed by atoms with Gasteiger partial charge in [0.1, 0.15) is 0 Å². The fourth-order valence-electron chi connectivity index (χ4n) is 1.96. The molecule has 0 aliphatic rings. The lowest BCUT2D eigenvalue weighted by Gasteiger charge is -2.21. The Kier molecular flexibility index (Phi) is 4.66. The zero-order valence-corrected chi connectivity index (χ0v) is 11.8. The average Bonchev–Trinajstić information content (AvgIpc) is 2.49. The van der Waals surface area contributed by atoms with Crippen LogP contribution in [0.25, 0.3) is 0 Å². The van der Waals surface area contributed by atoms with Gasteiger partial charge in [-0.1, -0.05) is 35.9 Å². The van der Waals surface area contributed by atoms with Crippen molar-refractivity contribution in [3.05, 3.63) is 65.5 Å². The Labute approximate surface area is 123 Å². The van der Waals surface area contributed by atoms with Gasteiger partial charge in [0, 0.05) is 12.7 Å². The summed E-state index contributed by atoms with van der Waals surface area (Å²) in [6, 6.07) is 13.2. The Hall–Kier alpha value is -2.69. The minimum absolute atomic E-state index is 0.247. The second kappa shape index (κ2) is 6.65.